The number of nitrogens with zero attached hydrogens (tertiary/aromatic N) is 7. The molecule has 23 heavy (non-hydrogen) atoms. The number of thiazole rings is 1. The van der Waals surface area contributed by atoms with E-state index in [9.17, 15) is 0 Å². The topological polar surface area (TPSA) is 73.3 Å². The molecule has 0 fully saturated rings. The van der Waals surface area contributed by atoms with Gasteiger partial charge in [-0.05, 0) is 36.9 Å². The van der Waals surface area contributed by atoms with E-state index in [2.05, 4.69) is 41.8 Å². The Labute approximate surface area is 138 Å². The molecule has 0 radical (unpaired) electrons. The number of aromatic nitrogens is 7. The van der Waals surface area contributed by atoms with Crippen molar-refractivity contribution in [3.05, 3.63) is 42.4 Å². The van der Waals surface area contributed by atoms with Gasteiger partial charge in [-0.1, -0.05) is 23.5 Å². The molecule has 0 bridgehead atoms. The van der Waals surface area contributed by atoms with Crippen LogP contribution in [0.15, 0.2) is 46.8 Å². The van der Waals surface area contributed by atoms with Crippen LogP contribution in [0.1, 0.15) is 5.69 Å². The van der Waals surface area contributed by atoms with Crippen LogP contribution in [0.25, 0.3) is 21.0 Å². The standard InChI is InChI=1S/C14H9N7S2/c1-8-6-11(21-12(17-8)15-7-16-21)23-14-19-18-13-20(14)9-4-2-3-5-10(9)22-13/h2-7H,1H3. The van der Waals surface area contributed by atoms with E-state index >= 15 is 0 Å². The molecule has 0 aliphatic rings. The van der Waals surface area contributed by atoms with E-state index < -0.39 is 0 Å². The van der Waals surface area contributed by atoms with Gasteiger partial charge in [0.15, 0.2) is 0 Å². The quantitative estimate of drug-likeness (QED) is 0.461. The van der Waals surface area contributed by atoms with Crippen molar-refractivity contribution < 1.29 is 0 Å². The van der Waals surface area contributed by atoms with E-state index in [1.807, 2.05) is 25.1 Å². The maximum absolute atomic E-state index is 4.36. The predicted molar refractivity (Wildman–Crippen MR) is 88.0 cm³/mol. The third kappa shape index (κ3) is 1.93. The summed E-state index contributed by atoms with van der Waals surface area (Å²) in [5.74, 6) is 0.587. The SMILES string of the molecule is Cc1cc(Sc2nnc3sc4ccccc4n23)n2ncnc2n1. The second-order valence-electron chi connectivity index (χ2n) is 4.98. The van der Waals surface area contributed by atoms with E-state index in [4.69, 9.17) is 0 Å². The van der Waals surface area contributed by atoms with Gasteiger partial charge < -0.3 is 0 Å². The van der Waals surface area contributed by atoms with Crippen molar-refractivity contribution in [3.8, 4) is 0 Å². The van der Waals surface area contributed by atoms with Gasteiger partial charge in [0.25, 0.3) is 5.78 Å². The van der Waals surface area contributed by atoms with E-state index in [-0.39, 0.29) is 0 Å². The summed E-state index contributed by atoms with van der Waals surface area (Å²) in [5, 5.41) is 14.6. The lowest BCUT2D eigenvalue weighted by molar-refractivity contribution is 0.827. The third-order valence-corrected chi connectivity index (χ3v) is 5.41. The largest absolute Gasteiger partial charge is 0.260 e. The lowest BCUT2D eigenvalue weighted by atomic mass is 10.3. The smallest absolute Gasteiger partial charge is 0.253 e. The Morgan fingerprint density at radius 2 is 2.09 bits per heavy atom. The highest BCUT2D eigenvalue weighted by Gasteiger charge is 2.15. The number of fused-ring (bicyclic) bond motifs is 4. The molecule has 9 heteroatoms. The average Bonchev–Trinajstić information content (AvgIpc) is 3.22. The molecule has 0 N–H and O–H groups in total. The summed E-state index contributed by atoms with van der Waals surface area (Å²) in [7, 11) is 0. The summed E-state index contributed by atoms with van der Waals surface area (Å²) in [6, 6.07) is 10.2. The number of para-hydroxylation sites is 1. The van der Waals surface area contributed by atoms with Gasteiger partial charge in [-0.2, -0.15) is 14.6 Å². The predicted octanol–water partition coefficient (Wildman–Crippen LogP) is 2.84. The molecule has 0 saturated carbocycles. The van der Waals surface area contributed by atoms with Crippen LogP contribution < -0.4 is 0 Å². The molecule has 0 unspecified atom stereocenters. The molecule has 0 saturated heterocycles. The number of aryl methyl sites for hydroxylation is 1. The highest BCUT2D eigenvalue weighted by molar-refractivity contribution is 7.99. The zero-order chi connectivity index (χ0) is 15.4. The molecule has 5 rings (SSSR count). The number of benzene rings is 1. The molecule has 0 aliphatic carbocycles. The molecule has 0 spiro atoms. The van der Waals surface area contributed by atoms with Crippen LogP contribution in [0.3, 0.4) is 0 Å². The number of hydrogen-bond acceptors (Lipinski definition) is 7. The van der Waals surface area contributed by atoms with Crippen LogP contribution in [0.4, 0.5) is 0 Å². The first kappa shape index (κ1) is 13.0. The van der Waals surface area contributed by atoms with E-state index in [1.54, 1.807) is 15.9 Å². The Kier molecular flexibility index (Phi) is 2.67. The normalized spacial score (nSPS) is 11.9. The maximum atomic E-state index is 4.36. The van der Waals surface area contributed by atoms with Gasteiger partial charge in [0.05, 0.1) is 10.2 Å². The fourth-order valence-corrected chi connectivity index (χ4v) is 4.50. The molecular formula is C14H9N7S2. The first-order valence-electron chi connectivity index (χ1n) is 6.87. The van der Waals surface area contributed by atoms with Gasteiger partial charge in [0.1, 0.15) is 11.4 Å². The van der Waals surface area contributed by atoms with Crippen LogP contribution in [0.5, 0.6) is 0 Å². The van der Waals surface area contributed by atoms with Gasteiger partial charge in [0, 0.05) is 5.69 Å². The monoisotopic (exact) mass is 339 g/mol. The van der Waals surface area contributed by atoms with Crippen LogP contribution >= 0.6 is 23.1 Å². The highest BCUT2D eigenvalue weighted by atomic mass is 32.2. The van der Waals surface area contributed by atoms with Crippen molar-refractivity contribution in [1.29, 1.82) is 0 Å². The Balaban J connectivity index is 1.72. The molecule has 1 aromatic carbocycles. The van der Waals surface area contributed by atoms with Crippen molar-refractivity contribution in [3.63, 3.8) is 0 Å². The minimum Gasteiger partial charge on any atom is -0.260 e. The van der Waals surface area contributed by atoms with Gasteiger partial charge in [-0.25, -0.2) is 4.98 Å². The summed E-state index contributed by atoms with van der Waals surface area (Å²) in [6.45, 7) is 1.94. The van der Waals surface area contributed by atoms with Gasteiger partial charge in [0.2, 0.25) is 10.1 Å². The lowest BCUT2D eigenvalue weighted by Gasteiger charge is -2.03. The molecule has 0 atom stereocenters. The fourth-order valence-electron chi connectivity index (χ4n) is 2.48. The van der Waals surface area contributed by atoms with E-state index in [0.717, 1.165) is 26.4 Å². The van der Waals surface area contributed by atoms with Crippen LogP contribution in [0.2, 0.25) is 0 Å². The van der Waals surface area contributed by atoms with Crippen LogP contribution in [-0.2, 0) is 0 Å². The minimum absolute atomic E-state index is 0.587. The summed E-state index contributed by atoms with van der Waals surface area (Å²) in [4.78, 5) is 9.41. The summed E-state index contributed by atoms with van der Waals surface area (Å²) in [5.41, 5.74) is 2.00. The minimum atomic E-state index is 0.587. The van der Waals surface area contributed by atoms with Crippen LogP contribution in [-0.4, -0.2) is 34.2 Å². The molecule has 5 aromatic rings. The van der Waals surface area contributed by atoms with Gasteiger partial charge in [-0.15, -0.1) is 10.2 Å². The lowest BCUT2D eigenvalue weighted by Crippen LogP contribution is -1.98. The Bertz CT molecular complexity index is 1170. The van der Waals surface area contributed by atoms with E-state index in [0.29, 0.717) is 5.78 Å². The van der Waals surface area contributed by atoms with Crippen molar-refractivity contribution >= 4 is 44.1 Å². The summed E-state index contributed by atoms with van der Waals surface area (Å²) < 4.78 is 4.98. The number of rotatable bonds is 2. The second kappa shape index (κ2) is 4.74. The van der Waals surface area contributed by atoms with E-state index in [1.165, 1.54) is 22.8 Å². The zero-order valence-electron chi connectivity index (χ0n) is 11.9. The molecule has 7 nitrogen and oxygen atoms in total. The first-order valence-corrected chi connectivity index (χ1v) is 8.51. The Morgan fingerprint density at radius 3 is 3.04 bits per heavy atom. The first-order chi connectivity index (χ1) is 11.3. The Hall–Kier alpha value is -2.52. The molecule has 0 aliphatic heterocycles. The van der Waals surface area contributed by atoms with Crippen LogP contribution in [0, 0.1) is 6.92 Å². The van der Waals surface area contributed by atoms with Crippen molar-refractivity contribution in [2.45, 2.75) is 17.1 Å². The second-order valence-corrected chi connectivity index (χ2v) is 6.98. The van der Waals surface area contributed by atoms with Crippen molar-refractivity contribution in [1.82, 2.24) is 34.2 Å². The average molecular weight is 339 g/mol. The molecular weight excluding hydrogens is 330 g/mol. The van der Waals surface area contributed by atoms with Crippen molar-refractivity contribution in [2.24, 2.45) is 0 Å². The number of hydrogen-bond donors (Lipinski definition) is 0. The molecule has 0 amide bonds. The van der Waals surface area contributed by atoms with Crippen molar-refractivity contribution in [2.75, 3.05) is 0 Å². The highest BCUT2D eigenvalue weighted by Crippen LogP contribution is 2.32. The molecule has 4 aromatic heterocycles. The Morgan fingerprint density at radius 1 is 1.17 bits per heavy atom. The summed E-state index contributed by atoms with van der Waals surface area (Å²) >= 11 is 3.14. The summed E-state index contributed by atoms with van der Waals surface area (Å²) in [6.07, 6.45) is 1.51. The maximum Gasteiger partial charge on any atom is 0.253 e. The van der Waals surface area contributed by atoms with Gasteiger partial charge >= 0.3 is 0 Å². The molecule has 4 heterocycles. The third-order valence-electron chi connectivity index (χ3n) is 3.45. The molecule has 112 valence electrons. The fraction of sp³-hybridized carbons (Fsp3) is 0.0714. The zero-order valence-corrected chi connectivity index (χ0v) is 13.5. The van der Waals surface area contributed by atoms with Gasteiger partial charge in [-0.3, -0.25) is 4.40 Å².